The Kier molecular flexibility index (Phi) is 5.33. The van der Waals surface area contributed by atoms with E-state index in [4.69, 9.17) is 21.1 Å². The van der Waals surface area contributed by atoms with Crippen molar-refractivity contribution in [2.24, 2.45) is 0 Å². The number of hydrogen-bond donors (Lipinski definition) is 0. The largest absolute Gasteiger partial charge is 0.482 e. The van der Waals surface area contributed by atoms with Crippen LogP contribution >= 0.6 is 11.6 Å². The van der Waals surface area contributed by atoms with Crippen molar-refractivity contribution < 1.29 is 19.2 Å². The molecule has 0 N–H and O–H groups in total. The predicted molar refractivity (Wildman–Crippen MR) is 73.7 cm³/mol. The van der Waals surface area contributed by atoms with Crippen LogP contribution in [-0.2, 0) is 9.53 Å². The summed E-state index contributed by atoms with van der Waals surface area (Å²) in [6.45, 7) is 3.94. The van der Waals surface area contributed by atoms with Gasteiger partial charge in [-0.3, -0.25) is 10.1 Å². The summed E-state index contributed by atoms with van der Waals surface area (Å²) < 4.78 is 10.1. The lowest BCUT2D eigenvalue weighted by molar-refractivity contribution is -0.563. The van der Waals surface area contributed by atoms with Gasteiger partial charge in [-0.2, -0.15) is 0 Å². The summed E-state index contributed by atoms with van der Waals surface area (Å²) in [7, 11) is 0. The third kappa shape index (κ3) is 4.70. The van der Waals surface area contributed by atoms with Gasteiger partial charge in [-0.25, -0.2) is 4.79 Å². The van der Waals surface area contributed by atoms with Gasteiger partial charge in [-0.15, -0.1) is 0 Å². The molecule has 0 radical (unpaired) electrons. The molecule has 1 aromatic carbocycles. The van der Waals surface area contributed by atoms with E-state index in [1.165, 1.54) is 13.8 Å². The smallest absolute Gasteiger partial charge is 0.344 e. The van der Waals surface area contributed by atoms with Crippen LogP contribution in [0.4, 0.5) is 0 Å². The van der Waals surface area contributed by atoms with Gasteiger partial charge in [0.1, 0.15) is 5.75 Å². The van der Waals surface area contributed by atoms with Crippen molar-refractivity contribution in [1.29, 1.82) is 0 Å². The molecule has 0 aromatic heterocycles. The quantitative estimate of drug-likeness (QED) is 0.458. The average molecular weight is 302 g/mol. The number of nitrogens with zero attached hydrogens (tertiary/aromatic N) is 1. The number of esters is 1. The van der Waals surface area contributed by atoms with Crippen LogP contribution in [0.1, 0.15) is 19.4 Å². The van der Waals surface area contributed by atoms with Crippen LogP contribution in [0, 0.1) is 17.0 Å². The molecule has 0 bridgehead atoms. The molecular formula is C13H16ClNO5. The second-order valence-corrected chi connectivity index (χ2v) is 5.37. The van der Waals surface area contributed by atoms with Crippen LogP contribution in [0.15, 0.2) is 18.2 Å². The molecule has 0 atom stereocenters. The van der Waals surface area contributed by atoms with E-state index < -0.39 is 16.4 Å². The van der Waals surface area contributed by atoms with E-state index in [-0.39, 0.29) is 13.2 Å². The highest BCUT2D eigenvalue weighted by atomic mass is 35.5. The van der Waals surface area contributed by atoms with Crippen molar-refractivity contribution in [2.45, 2.75) is 26.3 Å². The summed E-state index contributed by atoms with van der Waals surface area (Å²) in [6, 6.07) is 5.00. The molecular weight excluding hydrogens is 286 g/mol. The van der Waals surface area contributed by atoms with E-state index >= 15 is 0 Å². The van der Waals surface area contributed by atoms with Crippen LogP contribution in [0.3, 0.4) is 0 Å². The van der Waals surface area contributed by atoms with Crippen molar-refractivity contribution in [1.82, 2.24) is 0 Å². The molecule has 0 saturated carbocycles. The van der Waals surface area contributed by atoms with Gasteiger partial charge in [0.25, 0.3) is 0 Å². The lowest BCUT2D eigenvalue weighted by Crippen LogP contribution is -2.37. The fourth-order valence-electron chi connectivity index (χ4n) is 1.26. The van der Waals surface area contributed by atoms with Crippen LogP contribution in [-0.4, -0.2) is 29.6 Å². The van der Waals surface area contributed by atoms with Gasteiger partial charge in [0.15, 0.2) is 13.2 Å². The SMILES string of the molecule is Cc1cc(Cl)ccc1OCC(=O)OCC(C)(C)[N+](=O)[O-]. The highest BCUT2D eigenvalue weighted by Gasteiger charge is 2.32. The van der Waals surface area contributed by atoms with Gasteiger partial charge >= 0.3 is 5.97 Å². The lowest BCUT2D eigenvalue weighted by Gasteiger charge is -2.15. The van der Waals surface area contributed by atoms with Crippen LogP contribution in [0.25, 0.3) is 0 Å². The number of nitro groups is 1. The molecule has 20 heavy (non-hydrogen) atoms. The van der Waals surface area contributed by atoms with Crippen molar-refractivity contribution in [2.75, 3.05) is 13.2 Å². The Morgan fingerprint density at radius 2 is 2.10 bits per heavy atom. The number of carbonyl (C=O) groups is 1. The minimum atomic E-state index is -1.31. The Labute approximate surface area is 121 Å². The zero-order chi connectivity index (χ0) is 15.3. The molecule has 0 aliphatic heterocycles. The Hall–Kier alpha value is -1.82. The van der Waals surface area contributed by atoms with Gasteiger partial charge in [-0.05, 0) is 30.7 Å². The maximum atomic E-state index is 11.5. The molecule has 1 rings (SSSR count). The van der Waals surface area contributed by atoms with E-state index in [9.17, 15) is 14.9 Å². The van der Waals surface area contributed by atoms with Crippen molar-refractivity contribution in [3.05, 3.63) is 38.9 Å². The van der Waals surface area contributed by atoms with E-state index in [0.29, 0.717) is 10.8 Å². The van der Waals surface area contributed by atoms with Gasteiger partial charge in [-0.1, -0.05) is 11.6 Å². The number of carbonyl (C=O) groups excluding carboxylic acids is 1. The minimum absolute atomic E-state index is 0.304. The molecule has 1 aromatic rings. The standard InChI is InChI=1S/C13H16ClNO5/c1-9-6-10(14)4-5-11(9)19-7-12(16)20-8-13(2,3)15(17)18/h4-6H,7-8H2,1-3H3. The molecule has 6 nitrogen and oxygen atoms in total. The Balaban J connectivity index is 2.46. The van der Waals surface area contributed by atoms with E-state index in [1.807, 2.05) is 0 Å². The predicted octanol–water partition coefficient (Wildman–Crippen LogP) is 2.63. The average Bonchev–Trinajstić information content (AvgIpc) is 2.35. The summed E-state index contributed by atoms with van der Waals surface area (Å²) in [4.78, 5) is 21.6. The Bertz CT molecular complexity index is 515. The second kappa shape index (κ2) is 6.56. The van der Waals surface area contributed by atoms with Gasteiger partial charge < -0.3 is 9.47 Å². The van der Waals surface area contributed by atoms with Crippen molar-refractivity contribution >= 4 is 17.6 Å². The molecule has 7 heteroatoms. The number of halogens is 1. The van der Waals surface area contributed by atoms with Gasteiger partial charge in [0.05, 0.1) is 0 Å². The highest BCUT2D eigenvalue weighted by Crippen LogP contribution is 2.21. The molecule has 0 heterocycles. The summed E-state index contributed by atoms with van der Waals surface area (Å²) in [5.74, 6) is -0.144. The Morgan fingerprint density at radius 3 is 2.65 bits per heavy atom. The van der Waals surface area contributed by atoms with Crippen molar-refractivity contribution in [3.63, 3.8) is 0 Å². The first-order valence-corrected chi connectivity index (χ1v) is 6.29. The topological polar surface area (TPSA) is 78.7 Å². The zero-order valence-electron chi connectivity index (χ0n) is 11.5. The lowest BCUT2D eigenvalue weighted by atomic mass is 10.1. The summed E-state index contributed by atoms with van der Waals surface area (Å²) in [6.07, 6.45) is 0. The van der Waals surface area contributed by atoms with E-state index in [0.717, 1.165) is 5.56 Å². The molecule has 0 saturated heterocycles. The zero-order valence-corrected chi connectivity index (χ0v) is 12.3. The van der Waals surface area contributed by atoms with Gasteiger partial charge in [0, 0.05) is 23.8 Å². The maximum Gasteiger partial charge on any atom is 0.344 e. The number of benzene rings is 1. The normalized spacial score (nSPS) is 11.0. The molecule has 0 aliphatic rings. The first kappa shape index (κ1) is 16.2. The third-order valence-electron chi connectivity index (χ3n) is 2.56. The summed E-state index contributed by atoms with van der Waals surface area (Å²) in [5, 5.41) is 11.2. The fraction of sp³-hybridized carbons (Fsp3) is 0.462. The Morgan fingerprint density at radius 1 is 1.45 bits per heavy atom. The number of hydrogen-bond acceptors (Lipinski definition) is 5. The number of ether oxygens (including phenoxy) is 2. The highest BCUT2D eigenvalue weighted by molar-refractivity contribution is 6.30. The molecule has 0 spiro atoms. The molecule has 0 amide bonds. The first-order valence-electron chi connectivity index (χ1n) is 5.91. The number of aryl methyl sites for hydroxylation is 1. The summed E-state index contributed by atoms with van der Waals surface area (Å²) >= 11 is 5.80. The molecule has 0 unspecified atom stereocenters. The monoisotopic (exact) mass is 301 g/mol. The van der Waals surface area contributed by atoms with Crippen LogP contribution in [0.2, 0.25) is 5.02 Å². The van der Waals surface area contributed by atoms with E-state index in [2.05, 4.69) is 0 Å². The maximum absolute atomic E-state index is 11.5. The third-order valence-corrected chi connectivity index (χ3v) is 2.80. The minimum Gasteiger partial charge on any atom is -0.482 e. The van der Waals surface area contributed by atoms with Crippen molar-refractivity contribution in [3.8, 4) is 5.75 Å². The summed E-state index contributed by atoms with van der Waals surface area (Å²) in [5.41, 5.74) is -0.526. The van der Waals surface area contributed by atoms with Gasteiger partial charge in [0.2, 0.25) is 5.54 Å². The van der Waals surface area contributed by atoms with Crippen LogP contribution in [0.5, 0.6) is 5.75 Å². The molecule has 110 valence electrons. The van der Waals surface area contributed by atoms with Crippen LogP contribution < -0.4 is 4.74 Å². The first-order chi connectivity index (χ1) is 9.22. The molecule has 0 aliphatic carbocycles. The number of rotatable bonds is 6. The second-order valence-electron chi connectivity index (χ2n) is 4.93. The van der Waals surface area contributed by atoms with E-state index in [1.54, 1.807) is 25.1 Å². The molecule has 0 fully saturated rings. The fourth-order valence-corrected chi connectivity index (χ4v) is 1.49.